The highest BCUT2D eigenvalue weighted by molar-refractivity contribution is 7.12. The molecule has 31 heavy (non-hydrogen) atoms. The van der Waals surface area contributed by atoms with Crippen molar-refractivity contribution in [2.24, 2.45) is 11.8 Å². The molecule has 9 nitrogen and oxygen atoms in total. The number of amides is 3. The average molecular weight is 441 g/mol. The Morgan fingerprint density at radius 2 is 1.68 bits per heavy atom. The van der Waals surface area contributed by atoms with Crippen molar-refractivity contribution >= 4 is 40.5 Å². The second-order valence-corrected chi connectivity index (χ2v) is 8.50. The fraction of sp³-hybridized carbons (Fsp3) is 0.333. The molecule has 3 amide bonds. The van der Waals surface area contributed by atoms with Crippen molar-refractivity contribution in [2.45, 2.75) is 25.7 Å². The van der Waals surface area contributed by atoms with Crippen LogP contribution in [0.15, 0.2) is 41.8 Å². The number of hydrogen-bond donors (Lipinski definition) is 0. The van der Waals surface area contributed by atoms with Gasteiger partial charge in [0.2, 0.25) is 0 Å². The van der Waals surface area contributed by atoms with E-state index in [1.807, 2.05) is 0 Å². The van der Waals surface area contributed by atoms with E-state index < -0.39 is 46.8 Å². The second-order valence-electron chi connectivity index (χ2n) is 7.55. The smallest absolute Gasteiger partial charge is 0.273 e. The van der Waals surface area contributed by atoms with Gasteiger partial charge in [-0.25, -0.2) is 5.01 Å². The quantitative estimate of drug-likeness (QED) is 0.294. The van der Waals surface area contributed by atoms with Crippen LogP contribution >= 0.6 is 11.3 Å². The zero-order valence-corrected chi connectivity index (χ0v) is 17.2. The second kappa shape index (κ2) is 8.38. The Kier molecular flexibility index (Phi) is 5.64. The van der Waals surface area contributed by atoms with E-state index in [4.69, 9.17) is 0 Å². The van der Waals surface area contributed by atoms with E-state index in [0.717, 1.165) is 22.9 Å². The number of carbonyl (C=O) groups is 4. The van der Waals surface area contributed by atoms with Gasteiger partial charge in [-0.1, -0.05) is 18.9 Å². The number of nitro groups is 1. The molecule has 2 aliphatic rings. The number of hydrazine groups is 1. The van der Waals surface area contributed by atoms with Crippen LogP contribution in [0.2, 0.25) is 0 Å². The zero-order valence-electron chi connectivity index (χ0n) is 16.4. The molecule has 160 valence electrons. The van der Waals surface area contributed by atoms with Crippen LogP contribution in [0.1, 0.15) is 45.7 Å². The summed E-state index contributed by atoms with van der Waals surface area (Å²) in [5.41, 5.74) is -0.155. The third-order valence-corrected chi connectivity index (χ3v) is 6.62. The van der Waals surface area contributed by atoms with Gasteiger partial charge in [0, 0.05) is 17.7 Å². The Morgan fingerprint density at radius 1 is 1.06 bits per heavy atom. The van der Waals surface area contributed by atoms with E-state index in [9.17, 15) is 29.3 Å². The van der Waals surface area contributed by atoms with Crippen LogP contribution in [-0.4, -0.2) is 45.0 Å². The number of carbonyl (C=O) groups excluding carboxylic acids is 4. The molecule has 0 N–H and O–H groups in total. The van der Waals surface area contributed by atoms with Crippen LogP contribution in [0.5, 0.6) is 0 Å². The molecule has 1 saturated heterocycles. The normalized spacial score (nSPS) is 20.5. The van der Waals surface area contributed by atoms with E-state index >= 15 is 0 Å². The van der Waals surface area contributed by atoms with Gasteiger partial charge in [0.25, 0.3) is 23.4 Å². The van der Waals surface area contributed by atoms with Crippen LogP contribution < -0.4 is 0 Å². The van der Waals surface area contributed by atoms with Crippen LogP contribution in [0.3, 0.4) is 0 Å². The summed E-state index contributed by atoms with van der Waals surface area (Å²) < 4.78 is 0. The first-order valence-corrected chi connectivity index (χ1v) is 10.8. The zero-order chi connectivity index (χ0) is 22.1. The molecule has 2 heterocycles. The van der Waals surface area contributed by atoms with Crippen molar-refractivity contribution in [1.29, 1.82) is 0 Å². The van der Waals surface area contributed by atoms with E-state index in [1.165, 1.54) is 35.6 Å². The minimum absolute atomic E-state index is 0.0417. The lowest BCUT2D eigenvalue weighted by atomic mass is 9.81. The summed E-state index contributed by atoms with van der Waals surface area (Å²) in [6, 6.07) is 8.14. The molecular weight excluding hydrogens is 422 g/mol. The number of ketones is 1. The SMILES string of the molecule is O=C(CN(C(=O)c1ccc([N+](=O)[O-])cc1)N1C(=O)[C@H]2CCCC[C@H]2C1=O)c1cccs1. The minimum atomic E-state index is -0.736. The van der Waals surface area contributed by atoms with Crippen LogP contribution in [0, 0.1) is 22.0 Å². The molecule has 2 aromatic rings. The molecule has 1 aromatic carbocycles. The lowest BCUT2D eigenvalue weighted by Gasteiger charge is -2.29. The van der Waals surface area contributed by atoms with Gasteiger partial charge in [0.15, 0.2) is 5.78 Å². The maximum absolute atomic E-state index is 13.3. The third kappa shape index (κ3) is 3.86. The molecular formula is C21H19N3O6S. The van der Waals surface area contributed by atoms with Crippen molar-refractivity contribution in [1.82, 2.24) is 10.0 Å². The topological polar surface area (TPSA) is 118 Å². The van der Waals surface area contributed by atoms with Crippen molar-refractivity contribution in [3.05, 3.63) is 62.3 Å². The molecule has 2 fully saturated rings. The molecule has 1 aromatic heterocycles. The average Bonchev–Trinajstić information content (AvgIpc) is 3.40. The maximum atomic E-state index is 13.3. The van der Waals surface area contributed by atoms with Crippen molar-refractivity contribution in [2.75, 3.05) is 6.54 Å². The molecule has 1 aliphatic heterocycles. The molecule has 0 unspecified atom stereocenters. The lowest BCUT2D eigenvalue weighted by molar-refractivity contribution is -0.384. The highest BCUT2D eigenvalue weighted by atomic mass is 32.1. The van der Waals surface area contributed by atoms with Gasteiger partial charge in [0.1, 0.15) is 6.54 Å². The molecule has 4 rings (SSSR count). The first-order chi connectivity index (χ1) is 14.9. The molecule has 0 radical (unpaired) electrons. The molecule has 10 heteroatoms. The van der Waals surface area contributed by atoms with Gasteiger partial charge in [-0.05, 0) is 36.4 Å². The summed E-state index contributed by atoms with van der Waals surface area (Å²) in [4.78, 5) is 62.8. The fourth-order valence-corrected chi connectivity index (χ4v) is 4.80. The Hall–Kier alpha value is -3.40. The van der Waals surface area contributed by atoms with Crippen molar-refractivity contribution < 1.29 is 24.1 Å². The summed E-state index contributed by atoms with van der Waals surface area (Å²) in [5, 5.41) is 14.3. The predicted octanol–water partition coefficient (Wildman–Crippen LogP) is 3.07. The van der Waals surface area contributed by atoms with Gasteiger partial charge < -0.3 is 0 Å². The monoisotopic (exact) mass is 441 g/mol. The summed E-state index contributed by atoms with van der Waals surface area (Å²) in [6.07, 6.45) is 2.81. The molecule has 1 aliphatic carbocycles. The number of hydrogen-bond acceptors (Lipinski definition) is 7. The van der Waals surface area contributed by atoms with Gasteiger partial charge in [0.05, 0.1) is 21.6 Å². The number of Topliss-reactive ketones (excluding diaryl/α,β-unsaturated/α-hetero) is 1. The fourth-order valence-electron chi connectivity index (χ4n) is 4.14. The van der Waals surface area contributed by atoms with Crippen molar-refractivity contribution in [3.63, 3.8) is 0 Å². The first kappa shape index (κ1) is 20.9. The van der Waals surface area contributed by atoms with E-state index in [1.54, 1.807) is 17.5 Å². The number of fused-ring (bicyclic) bond motifs is 1. The Morgan fingerprint density at radius 3 is 2.19 bits per heavy atom. The highest BCUT2D eigenvalue weighted by Gasteiger charge is 2.51. The summed E-state index contributed by atoms with van der Waals surface area (Å²) in [5.74, 6) is -3.04. The summed E-state index contributed by atoms with van der Waals surface area (Å²) in [6.45, 7) is -0.479. The molecule has 1 saturated carbocycles. The van der Waals surface area contributed by atoms with Gasteiger partial charge in [-0.3, -0.25) is 29.3 Å². The third-order valence-electron chi connectivity index (χ3n) is 5.71. The van der Waals surface area contributed by atoms with Gasteiger partial charge in [-0.2, -0.15) is 5.01 Å². The summed E-state index contributed by atoms with van der Waals surface area (Å²) >= 11 is 1.20. The largest absolute Gasteiger partial charge is 0.291 e. The van der Waals surface area contributed by atoms with E-state index in [2.05, 4.69) is 0 Å². The van der Waals surface area contributed by atoms with Gasteiger partial charge in [-0.15, -0.1) is 11.3 Å². The number of non-ortho nitro benzene ring substituents is 1. The Bertz CT molecular complexity index is 1030. The molecule has 0 bridgehead atoms. The number of imide groups is 1. The first-order valence-electron chi connectivity index (χ1n) is 9.89. The van der Waals surface area contributed by atoms with Crippen LogP contribution in [0.25, 0.3) is 0 Å². The maximum Gasteiger partial charge on any atom is 0.273 e. The van der Waals surface area contributed by atoms with Crippen molar-refractivity contribution in [3.8, 4) is 0 Å². The number of nitro benzene ring substituents is 1. The minimum Gasteiger partial charge on any atom is -0.291 e. The highest BCUT2D eigenvalue weighted by Crippen LogP contribution is 2.39. The van der Waals surface area contributed by atoms with Crippen LogP contribution in [-0.2, 0) is 9.59 Å². The van der Waals surface area contributed by atoms with Crippen LogP contribution in [0.4, 0.5) is 5.69 Å². The number of nitrogens with zero attached hydrogens (tertiary/aromatic N) is 3. The predicted molar refractivity (Wildman–Crippen MR) is 110 cm³/mol. The Labute approximate surface area is 181 Å². The Balaban J connectivity index is 1.68. The lowest BCUT2D eigenvalue weighted by Crippen LogP contribution is -2.52. The van der Waals surface area contributed by atoms with Gasteiger partial charge >= 0.3 is 0 Å². The molecule has 0 spiro atoms. The van der Waals surface area contributed by atoms with E-state index in [-0.39, 0.29) is 11.3 Å². The standard InChI is InChI=1S/C21H19N3O6S/c25-17(18-6-3-11-31-18)12-22(19(26)13-7-9-14(10-8-13)24(29)30)23-20(27)15-4-1-2-5-16(15)21(23)28/h3,6-11,15-16H,1-2,4-5,12H2/t15-,16+. The number of thiophene rings is 1. The number of benzene rings is 1. The summed E-state index contributed by atoms with van der Waals surface area (Å²) in [7, 11) is 0. The number of rotatable bonds is 6. The molecule has 2 atom stereocenters. The van der Waals surface area contributed by atoms with E-state index in [0.29, 0.717) is 17.7 Å².